The molecule has 0 aromatic heterocycles. The van der Waals surface area contributed by atoms with E-state index in [1.165, 1.54) is 6.07 Å². The van der Waals surface area contributed by atoms with Gasteiger partial charge < -0.3 is 5.11 Å². The van der Waals surface area contributed by atoms with E-state index in [-0.39, 0.29) is 16.7 Å². The fourth-order valence-electron chi connectivity index (χ4n) is 1.62. The average Bonchev–Trinajstić information content (AvgIpc) is 2.27. The Hall–Kier alpha value is -1.92. The van der Waals surface area contributed by atoms with E-state index in [1.54, 1.807) is 12.1 Å². The van der Waals surface area contributed by atoms with Gasteiger partial charge in [-0.1, -0.05) is 18.2 Å². The van der Waals surface area contributed by atoms with Crippen molar-refractivity contribution in [3.05, 3.63) is 35.9 Å². The Labute approximate surface area is 97.1 Å². The van der Waals surface area contributed by atoms with Crippen LogP contribution in [0.2, 0.25) is 0 Å². The smallest absolute Gasteiger partial charge is 0.294 e. The standard InChI is InChI=1S/C11H8O5S/c12-6-7-2-1-3-9-10(7)4-8(5-11(9)13)17(14,15)16/h1-6,13H,(H,14,15,16). The number of aldehydes is 1. The van der Waals surface area contributed by atoms with Crippen LogP contribution in [0.15, 0.2) is 35.2 Å². The van der Waals surface area contributed by atoms with Gasteiger partial charge in [0, 0.05) is 17.0 Å². The lowest BCUT2D eigenvalue weighted by molar-refractivity contribution is 0.112. The first-order valence-electron chi connectivity index (χ1n) is 4.62. The summed E-state index contributed by atoms with van der Waals surface area (Å²) in [5.74, 6) is -0.307. The molecule has 2 N–H and O–H groups in total. The molecule has 5 nitrogen and oxygen atoms in total. The summed E-state index contributed by atoms with van der Waals surface area (Å²) in [6.07, 6.45) is 0.551. The quantitative estimate of drug-likeness (QED) is 0.625. The molecule has 0 heterocycles. The fraction of sp³-hybridized carbons (Fsp3) is 0. The van der Waals surface area contributed by atoms with E-state index in [4.69, 9.17) is 4.55 Å². The van der Waals surface area contributed by atoms with E-state index >= 15 is 0 Å². The molecule has 0 bridgehead atoms. The second-order valence-electron chi connectivity index (χ2n) is 3.48. The van der Waals surface area contributed by atoms with Crippen LogP contribution in [-0.4, -0.2) is 24.4 Å². The van der Waals surface area contributed by atoms with Crippen LogP contribution in [0.5, 0.6) is 5.75 Å². The maximum atomic E-state index is 11.0. The first-order chi connectivity index (χ1) is 7.93. The lowest BCUT2D eigenvalue weighted by Gasteiger charge is -2.05. The number of carbonyl (C=O) groups is 1. The first-order valence-corrected chi connectivity index (χ1v) is 6.06. The highest BCUT2D eigenvalue weighted by Gasteiger charge is 2.14. The van der Waals surface area contributed by atoms with Crippen LogP contribution in [-0.2, 0) is 10.1 Å². The van der Waals surface area contributed by atoms with Crippen LogP contribution in [0.25, 0.3) is 10.8 Å². The summed E-state index contributed by atoms with van der Waals surface area (Å²) in [4.78, 5) is 10.4. The van der Waals surface area contributed by atoms with Crippen molar-refractivity contribution in [2.24, 2.45) is 0 Å². The topological polar surface area (TPSA) is 91.7 Å². The van der Waals surface area contributed by atoms with Gasteiger partial charge in [0.25, 0.3) is 10.1 Å². The van der Waals surface area contributed by atoms with E-state index in [0.717, 1.165) is 12.1 Å². The molecule has 17 heavy (non-hydrogen) atoms. The molecule has 88 valence electrons. The largest absolute Gasteiger partial charge is 0.507 e. The van der Waals surface area contributed by atoms with E-state index in [9.17, 15) is 18.3 Å². The lowest BCUT2D eigenvalue weighted by atomic mass is 10.0. The minimum absolute atomic E-state index is 0.239. The van der Waals surface area contributed by atoms with Crippen molar-refractivity contribution >= 4 is 27.2 Å². The van der Waals surface area contributed by atoms with Gasteiger partial charge in [0.05, 0.1) is 4.90 Å². The fourth-order valence-corrected chi connectivity index (χ4v) is 2.14. The molecule has 0 unspecified atom stereocenters. The second-order valence-corrected chi connectivity index (χ2v) is 4.90. The van der Waals surface area contributed by atoms with Crippen molar-refractivity contribution in [2.75, 3.05) is 0 Å². The maximum absolute atomic E-state index is 11.0. The van der Waals surface area contributed by atoms with Crippen LogP contribution in [0, 0.1) is 0 Å². The normalized spacial score (nSPS) is 11.6. The van der Waals surface area contributed by atoms with Gasteiger partial charge in [-0.2, -0.15) is 8.42 Å². The molecule has 0 aliphatic rings. The molecule has 0 radical (unpaired) electrons. The number of fused-ring (bicyclic) bond motifs is 1. The summed E-state index contributed by atoms with van der Waals surface area (Å²) in [7, 11) is -4.42. The molecule has 0 aliphatic carbocycles. The molecule has 2 aromatic carbocycles. The second kappa shape index (κ2) is 3.83. The molecular formula is C11H8O5S. The molecule has 0 amide bonds. The van der Waals surface area contributed by atoms with Gasteiger partial charge in [0.1, 0.15) is 5.75 Å². The summed E-state index contributed by atoms with van der Waals surface area (Å²) in [6.45, 7) is 0. The van der Waals surface area contributed by atoms with Crippen LogP contribution in [0.1, 0.15) is 10.4 Å². The monoisotopic (exact) mass is 252 g/mol. The van der Waals surface area contributed by atoms with Gasteiger partial charge in [0.2, 0.25) is 0 Å². The van der Waals surface area contributed by atoms with Crippen molar-refractivity contribution in [1.29, 1.82) is 0 Å². The van der Waals surface area contributed by atoms with Crippen molar-refractivity contribution in [3.8, 4) is 5.75 Å². The van der Waals surface area contributed by atoms with Crippen molar-refractivity contribution < 1.29 is 22.9 Å². The van der Waals surface area contributed by atoms with Crippen molar-refractivity contribution in [2.45, 2.75) is 4.90 Å². The Bertz CT molecular complexity index is 703. The van der Waals surface area contributed by atoms with E-state index in [2.05, 4.69) is 0 Å². The molecular weight excluding hydrogens is 244 g/mol. The number of carbonyl (C=O) groups excluding carboxylic acids is 1. The van der Waals surface area contributed by atoms with Gasteiger partial charge in [-0.05, 0) is 11.5 Å². The van der Waals surface area contributed by atoms with Gasteiger partial charge in [-0.25, -0.2) is 0 Å². The van der Waals surface area contributed by atoms with Crippen LogP contribution in [0.3, 0.4) is 0 Å². The molecule has 0 spiro atoms. The third-order valence-corrected chi connectivity index (χ3v) is 3.24. The van der Waals surface area contributed by atoms with Crippen LogP contribution < -0.4 is 0 Å². The van der Waals surface area contributed by atoms with Gasteiger partial charge in [-0.3, -0.25) is 9.35 Å². The van der Waals surface area contributed by atoms with Gasteiger partial charge in [0.15, 0.2) is 6.29 Å². The number of phenols is 1. The lowest BCUT2D eigenvalue weighted by Crippen LogP contribution is -1.98. The molecule has 2 rings (SSSR count). The Morgan fingerprint density at radius 2 is 1.82 bits per heavy atom. The number of hydrogen-bond donors (Lipinski definition) is 2. The van der Waals surface area contributed by atoms with Crippen molar-refractivity contribution in [1.82, 2.24) is 0 Å². The number of benzene rings is 2. The molecule has 0 aliphatic heterocycles. The third-order valence-electron chi connectivity index (χ3n) is 2.41. The highest BCUT2D eigenvalue weighted by Crippen LogP contribution is 2.30. The average molecular weight is 252 g/mol. The third kappa shape index (κ3) is 2.00. The Balaban J connectivity index is 2.93. The zero-order valence-corrected chi connectivity index (χ0v) is 9.31. The molecule has 0 saturated carbocycles. The Morgan fingerprint density at radius 3 is 2.41 bits per heavy atom. The van der Waals surface area contributed by atoms with Crippen molar-refractivity contribution in [3.63, 3.8) is 0 Å². The van der Waals surface area contributed by atoms with Crippen LogP contribution in [0.4, 0.5) is 0 Å². The SMILES string of the molecule is O=Cc1cccc2c(O)cc(S(=O)(=O)O)cc12. The van der Waals surface area contributed by atoms with Crippen LogP contribution >= 0.6 is 0 Å². The maximum Gasteiger partial charge on any atom is 0.294 e. The zero-order valence-electron chi connectivity index (χ0n) is 8.49. The van der Waals surface area contributed by atoms with E-state index < -0.39 is 15.0 Å². The summed E-state index contributed by atoms with van der Waals surface area (Å²) in [5, 5.41) is 10.3. The van der Waals surface area contributed by atoms with Gasteiger partial charge in [-0.15, -0.1) is 0 Å². The van der Waals surface area contributed by atoms with E-state index in [0.29, 0.717) is 11.7 Å². The molecule has 0 atom stereocenters. The molecule has 0 saturated heterocycles. The Morgan fingerprint density at radius 1 is 1.12 bits per heavy atom. The summed E-state index contributed by atoms with van der Waals surface area (Å²) in [5.41, 5.74) is 0.239. The first kappa shape index (κ1) is 11.6. The molecule has 2 aromatic rings. The minimum Gasteiger partial charge on any atom is -0.507 e. The minimum atomic E-state index is -4.42. The Kier molecular flexibility index (Phi) is 2.60. The van der Waals surface area contributed by atoms with E-state index in [1.807, 2.05) is 0 Å². The number of phenolic OH excluding ortho intramolecular Hbond substituents is 1. The number of aromatic hydroxyl groups is 1. The highest BCUT2D eigenvalue weighted by atomic mass is 32.2. The number of hydrogen-bond acceptors (Lipinski definition) is 4. The van der Waals surface area contributed by atoms with Gasteiger partial charge >= 0.3 is 0 Å². The predicted molar refractivity (Wildman–Crippen MR) is 60.8 cm³/mol. The molecule has 0 fully saturated rings. The summed E-state index contributed by atoms with van der Waals surface area (Å²) >= 11 is 0. The molecule has 6 heteroatoms. The zero-order chi connectivity index (χ0) is 12.6. The predicted octanol–water partition coefficient (Wildman–Crippen LogP) is 1.60. The summed E-state index contributed by atoms with van der Waals surface area (Å²) in [6, 6.07) is 6.69. The number of rotatable bonds is 2. The summed E-state index contributed by atoms with van der Waals surface area (Å²) < 4.78 is 30.9. The highest BCUT2D eigenvalue weighted by molar-refractivity contribution is 7.85.